The van der Waals surface area contributed by atoms with E-state index in [0.717, 1.165) is 13.1 Å². The predicted octanol–water partition coefficient (Wildman–Crippen LogP) is 4.76. The Morgan fingerprint density at radius 3 is 2.56 bits per heavy atom. The third-order valence-electron chi connectivity index (χ3n) is 2.73. The van der Waals surface area contributed by atoms with Gasteiger partial charge >= 0.3 is 6.18 Å². The molecule has 0 saturated carbocycles. The van der Waals surface area contributed by atoms with Gasteiger partial charge in [0.25, 0.3) is 0 Å². The number of alkyl halides is 3. The molecule has 0 spiro atoms. The fraction of sp³-hybridized carbons (Fsp3) is 0.455. The summed E-state index contributed by atoms with van der Waals surface area (Å²) in [7, 11) is 0. The Kier molecular flexibility index (Phi) is 3.61. The van der Waals surface area contributed by atoms with Gasteiger partial charge in [-0.2, -0.15) is 13.2 Å². The second-order valence-electron chi connectivity index (χ2n) is 4.49. The minimum absolute atomic E-state index is 0.525. The second-order valence-corrected chi connectivity index (χ2v) is 6.45. The third-order valence-corrected chi connectivity index (χ3v) is 4.25. The van der Waals surface area contributed by atoms with E-state index >= 15 is 0 Å². The molecule has 0 N–H and O–H groups in total. The molecule has 18 heavy (non-hydrogen) atoms. The largest absolute Gasteiger partial charge is 0.434 e. The van der Waals surface area contributed by atoms with Crippen molar-refractivity contribution in [3.63, 3.8) is 0 Å². The van der Waals surface area contributed by atoms with E-state index in [0.29, 0.717) is 5.69 Å². The van der Waals surface area contributed by atoms with Crippen LogP contribution in [-0.2, 0) is 10.3 Å². The topological polar surface area (TPSA) is 12.5 Å². The van der Waals surface area contributed by atoms with Crippen molar-refractivity contribution in [3.8, 4) is 0 Å². The summed E-state index contributed by atoms with van der Waals surface area (Å²) in [6.45, 7) is 3.28. The molecule has 2 nitrogen and oxygen atoms in total. The van der Waals surface area contributed by atoms with Crippen molar-refractivity contribution in [2.75, 3.05) is 3.11 Å². The number of fused-ring (bicyclic) bond motifs is 1. The highest BCUT2D eigenvalue weighted by Gasteiger charge is 2.51. The number of hydrogen-bond donors (Lipinski definition) is 0. The maximum Gasteiger partial charge on any atom is 0.434 e. The smallest absolute Gasteiger partial charge is 0.338 e. The molecule has 1 unspecified atom stereocenters. The van der Waals surface area contributed by atoms with Crippen molar-refractivity contribution in [1.82, 2.24) is 0 Å². The van der Waals surface area contributed by atoms with E-state index in [4.69, 9.17) is 4.74 Å². The lowest BCUT2D eigenvalue weighted by Crippen LogP contribution is -2.50. The molecule has 1 atom stereocenters. The first kappa shape index (κ1) is 14.4. The van der Waals surface area contributed by atoms with Crippen LogP contribution in [0.15, 0.2) is 22.7 Å². The Morgan fingerprint density at radius 1 is 1.39 bits per heavy atom. The van der Waals surface area contributed by atoms with E-state index in [-0.39, 0.29) is 0 Å². The average Bonchev–Trinajstić information content (AvgIpc) is 2.22. The summed E-state index contributed by atoms with van der Waals surface area (Å²) in [5.41, 5.74) is 0.269. The molecule has 7 heteroatoms. The molecular formula is C11H10BrF3INO. The lowest BCUT2D eigenvalue weighted by molar-refractivity contribution is -0.248. The summed E-state index contributed by atoms with van der Waals surface area (Å²) in [6, 6.07) is 5.17. The van der Waals surface area contributed by atoms with Crippen LogP contribution in [0.2, 0.25) is 0 Å². The standard InChI is InChI=1S/C11H10BrF3INO/c1-10(2)7-5-6(12)3-4-8(7)17(16)9(18-10)11(13,14)15/h3-5,9H,1-2H3. The summed E-state index contributed by atoms with van der Waals surface area (Å²) < 4.78 is 45.9. The van der Waals surface area contributed by atoms with E-state index in [1.165, 1.54) is 0 Å². The highest BCUT2D eigenvalue weighted by atomic mass is 127. The number of nitrogens with zero attached hydrogens (tertiary/aromatic N) is 1. The highest BCUT2D eigenvalue weighted by Crippen LogP contribution is 2.46. The van der Waals surface area contributed by atoms with Crippen LogP contribution < -0.4 is 3.11 Å². The minimum Gasteiger partial charge on any atom is -0.338 e. The van der Waals surface area contributed by atoms with Crippen LogP contribution in [0.3, 0.4) is 0 Å². The minimum atomic E-state index is -4.43. The summed E-state index contributed by atoms with van der Waals surface area (Å²) in [6.07, 6.45) is -6.36. The fourth-order valence-electron chi connectivity index (χ4n) is 1.89. The van der Waals surface area contributed by atoms with Crippen molar-refractivity contribution < 1.29 is 17.9 Å². The molecule has 1 aliphatic rings. The number of anilines is 1. The zero-order chi connectivity index (χ0) is 13.7. The molecule has 1 aromatic carbocycles. The van der Waals surface area contributed by atoms with E-state index in [9.17, 15) is 13.2 Å². The van der Waals surface area contributed by atoms with Gasteiger partial charge in [-0.05, 0) is 32.0 Å². The molecule has 0 bridgehead atoms. The maximum absolute atomic E-state index is 12.9. The lowest BCUT2D eigenvalue weighted by atomic mass is 9.94. The molecular weight excluding hydrogens is 426 g/mol. The Hall–Kier alpha value is -0.0200. The molecule has 0 saturated heterocycles. The Balaban J connectivity index is 2.55. The quantitative estimate of drug-likeness (QED) is 0.430. The Labute approximate surface area is 125 Å². The van der Waals surface area contributed by atoms with E-state index < -0.39 is 18.0 Å². The molecule has 100 valence electrons. The van der Waals surface area contributed by atoms with Crippen molar-refractivity contribution in [1.29, 1.82) is 0 Å². The van der Waals surface area contributed by atoms with E-state index in [1.54, 1.807) is 54.9 Å². The maximum atomic E-state index is 12.9. The number of halogens is 5. The van der Waals surface area contributed by atoms with Gasteiger partial charge in [-0.3, -0.25) is 3.11 Å². The predicted molar refractivity (Wildman–Crippen MR) is 74.6 cm³/mol. The molecule has 0 fully saturated rings. The highest BCUT2D eigenvalue weighted by molar-refractivity contribution is 14.1. The SMILES string of the molecule is CC1(C)OC(C(F)(F)F)N(I)c2ccc(Br)cc21. The van der Waals surface area contributed by atoms with Gasteiger partial charge in [-0.15, -0.1) is 0 Å². The molecule has 0 aromatic heterocycles. The molecule has 1 heterocycles. The van der Waals surface area contributed by atoms with Crippen LogP contribution >= 0.6 is 38.8 Å². The fourth-order valence-corrected chi connectivity index (χ4v) is 3.10. The number of rotatable bonds is 0. The zero-order valence-electron chi connectivity index (χ0n) is 9.55. The van der Waals surface area contributed by atoms with Crippen molar-refractivity contribution >= 4 is 44.5 Å². The van der Waals surface area contributed by atoms with Crippen LogP contribution in [0.1, 0.15) is 19.4 Å². The van der Waals surface area contributed by atoms with Crippen LogP contribution in [0.25, 0.3) is 0 Å². The van der Waals surface area contributed by atoms with Gasteiger partial charge in [0.05, 0.1) is 34.2 Å². The van der Waals surface area contributed by atoms with Crippen LogP contribution in [0.5, 0.6) is 0 Å². The zero-order valence-corrected chi connectivity index (χ0v) is 13.3. The van der Waals surface area contributed by atoms with Crippen LogP contribution in [0.4, 0.5) is 18.9 Å². The van der Waals surface area contributed by atoms with Gasteiger partial charge in [0.2, 0.25) is 6.23 Å². The molecule has 0 radical (unpaired) electrons. The first-order valence-electron chi connectivity index (χ1n) is 5.12. The Bertz CT molecular complexity index is 478. The van der Waals surface area contributed by atoms with Gasteiger partial charge in [0.1, 0.15) is 0 Å². The van der Waals surface area contributed by atoms with Gasteiger partial charge in [0, 0.05) is 10.0 Å². The summed E-state index contributed by atoms with van der Waals surface area (Å²) in [5, 5.41) is 0. The summed E-state index contributed by atoms with van der Waals surface area (Å²) in [4.78, 5) is 0. The van der Waals surface area contributed by atoms with Crippen molar-refractivity contribution in [2.24, 2.45) is 0 Å². The molecule has 0 amide bonds. The van der Waals surface area contributed by atoms with Gasteiger partial charge in [-0.25, -0.2) is 0 Å². The van der Waals surface area contributed by atoms with Gasteiger partial charge in [-0.1, -0.05) is 15.9 Å². The summed E-state index contributed by atoms with van der Waals surface area (Å²) in [5.74, 6) is 0. The van der Waals surface area contributed by atoms with Crippen molar-refractivity contribution in [2.45, 2.75) is 31.9 Å². The monoisotopic (exact) mass is 435 g/mol. The molecule has 1 aliphatic heterocycles. The molecule has 1 aromatic rings. The lowest BCUT2D eigenvalue weighted by Gasteiger charge is -2.43. The van der Waals surface area contributed by atoms with E-state index in [1.807, 2.05) is 0 Å². The average molecular weight is 436 g/mol. The number of benzene rings is 1. The third kappa shape index (κ3) is 2.49. The second kappa shape index (κ2) is 4.52. The molecule has 2 rings (SSSR count). The molecule has 0 aliphatic carbocycles. The van der Waals surface area contributed by atoms with Crippen molar-refractivity contribution in [3.05, 3.63) is 28.2 Å². The van der Waals surface area contributed by atoms with Gasteiger partial charge in [0.15, 0.2) is 0 Å². The first-order chi connectivity index (χ1) is 8.13. The first-order valence-corrected chi connectivity index (χ1v) is 6.88. The van der Waals surface area contributed by atoms with Gasteiger partial charge < -0.3 is 4.74 Å². The Morgan fingerprint density at radius 2 is 2.00 bits per heavy atom. The number of hydrogen-bond acceptors (Lipinski definition) is 2. The van der Waals surface area contributed by atoms with Crippen LogP contribution in [0, 0.1) is 0 Å². The number of ether oxygens (including phenoxy) is 1. The van der Waals surface area contributed by atoms with Crippen LogP contribution in [-0.4, -0.2) is 12.4 Å². The normalized spacial score (nSPS) is 22.8. The summed E-state index contributed by atoms with van der Waals surface area (Å²) >= 11 is 4.95. The van der Waals surface area contributed by atoms with E-state index in [2.05, 4.69) is 15.9 Å².